The number of carbonyl (C=O) groups excluding carboxylic acids is 1. The number of amides is 1. The minimum absolute atomic E-state index is 0.0242. The van der Waals surface area contributed by atoms with Crippen LogP contribution in [0.3, 0.4) is 0 Å². The smallest absolute Gasteiger partial charge is 0.279 e. The zero-order valence-electron chi connectivity index (χ0n) is 16.4. The number of rotatable bonds is 6. The van der Waals surface area contributed by atoms with E-state index >= 15 is 0 Å². The molecule has 2 N–H and O–H groups in total. The molecule has 0 spiro atoms. The third kappa shape index (κ3) is 5.41. The Bertz CT molecular complexity index is 921. The molecule has 6 nitrogen and oxygen atoms in total. The first kappa shape index (κ1) is 20.5. The van der Waals surface area contributed by atoms with Crippen molar-refractivity contribution in [1.82, 2.24) is 4.31 Å². The predicted molar refractivity (Wildman–Crippen MR) is 111 cm³/mol. The van der Waals surface area contributed by atoms with Gasteiger partial charge in [-0.1, -0.05) is 36.4 Å². The number of anilines is 1. The molecule has 1 heterocycles. The number of aryl methyl sites for hydroxylation is 2. The first-order valence-corrected chi connectivity index (χ1v) is 11.2. The second-order valence-electron chi connectivity index (χ2n) is 7.41. The summed E-state index contributed by atoms with van der Waals surface area (Å²) in [6.45, 7) is 6.56. The Morgan fingerprint density at radius 1 is 1.04 bits per heavy atom. The first-order valence-electron chi connectivity index (χ1n) is 9.56. The topological polar surface area (TPSA) is 70.9 Å². The third-order valence-corrected chi connectivity index (χ3v) is 7.07. The Hall–Kier alpha value is -2.22. The molecule has 0 aromatic heterocycles. The Morgan fingerprint density at radius 2 is 1.71 bits per heavy atom. The van der Waals surface area contributed by atoms with E-state index in [2.05, 4.69) is 5.32 Å². The zero-order chi connectivity index (χ0) is 20.1. The number of carbonyl (C=O) groups is 1. The molecule has 0 atom stereocenters. The van der Waals surface area contributed by atoms with Crippen LogP contribution in [-0.2, 0) is 20.6 Å². The van der Waals surface area contributed by atoms with Crippen LogP contribution in [0.5, 0.6) is 0 Å². The second-order valence-corrected chi connectivity index (χ2v) is 9.38. The van der Waals surface area contributed by atoms with Crippen LogP contribution >= 0.6 is 0 Å². The van der Waals surface area contributed by atoms with Crippen molar-refractivity contribution in [3.8, 4) is 0 Å². The van der Waals surface area contributed by atoms with Crippen LogP contribution in [0.1, 0.15) is 16.7 Å². The van der Waals surface area contributed by atoms with Gasteiger partial charge in [0.15, 0.2) is 6.54 Å². The van der Waals surface area contributed by atoms with Gasteiger partial charge in [-0.3, -0.25) is 4.79 Å². The van der Waals surface area contributed by atoms with E-state index in [1.165, 1.54) is 5.56 Å². The van der Waals surface area contributed by atoms with Crippen molar-refractivity contribution in [1.29, 1.82) is 0 Å². The van der Waals surface area contributed by atoms with Crippen LogP contribution in [0, 0.1) is 13.8 Å². The average molecular weight is 403 g/mol. The summed E-state index contributed by atoms with van der Waals surface area (Å²) in [5.41, 5.74) is 3.93. The molecular weight excluding hydrogens is 374 g/mol. The van der Waals surface area contributed by atoms with Gasteiger partial charge in [0.2, 0.25) is 10.0 Å². The molecule has 0 aliphatic carbocycles. The summed E-state index contributed by atoms with van der Waals surface area (Å²) in [6.07, 6.45) is 0. The largest absolute Gasteiger partial charge is 0.325 e. The van der Waals surface area contributed by atoms with Gasteiger partial charge in [-0.2, -0.15) is 4.31 Å². The van der Waals surface area contributed by atoms with Crippen molar-refractivity contribution in [2.45, 2.75) is 19.6 Å². The molecule has 0 bridgehead atoms. The highest BCUT2D eigenvalue weighted by Gasteiger charge is 2.30. The van der Waals surface area contributed by atoms with Crippen molar-refractivity contribution in [2.75, 3.05) is 38.0 Å². The fourth-order valence-corrected chi connectivity index (χ4v) is 4.92. The van der Waals surface area contributed by atoms with E-state index in [0.717, 1.165) is 21.7 Å². The summed E-state index contributed by atoms with van der Waals surface area (Å²) in [4.78, 5) is 13.4. The Balaban J connectivity index is 1.49. The van der Waals surface area contributed by atoms with Gasteiger partial charge in [0.05, 0.1) is 31.9 Å². The normalized spacial score (nSPS) is 16.1. The molecule has 2 aromatic carbocycles. The van der Waals surface area contributed by atoms with Crippen LogP contribution in [0.2, 0.25) is 0 Å². The monoisotopic (exact) mass is 402 g/mol. The molecule has 1 fully saturated rings. The van der Waals surface area contributed by atoms with Gasteiger partial charge in [-0.25, -0.2) is 8.42 Å². The number of nitrogens with zero attached hydrogens (tertiary/aromatic N) is 1. The van der Waals surface area contributed by atoms with Gasteiger partial charge in [-0.15, -0.1) is 0 Å². The summed E-state index contributed by atoms with van der Waals surface area (Å²) in [5, 5.41) is 2.94. The lowest BCUT2D eigenvalue weighted by atomic mass is 10.1. The summed E-state index contributed by atoms with van der Waals surface area (Å²) in [5.74, 6) is -0.0185. The highest BCUT2D eigenvalue weighted by atomic mass is 32.2. The predicted octanol–water partition coefficient (Wildman–Crippen LogP) is 0.972. The molecule has 0 saturated carbocycles. The van der Waals surface area contributed by atoms with Crippen molar-refractivity contribution in [3.63, 3.8) is 0 Å². The molecule has 7 heteroatoms. The molecule has 1 saturated heterocycles. The Kier molecular flexibility index (Phi) is 6.49. The molecule has 3 rings (SSSR count). The van der Waals surface area contributed by atoms with Crippen LogP contribution in [0.25, 0.3) is 0 Å². The van der Waals surface area contributed by atoms with Gasteiger partial charge in [-0.05, 0) is 42.7 Å². The number of benzene rings is 2. The SMILES string of the molecule is Cc1ccc(NC(=O)C[NH+]2CCN(S(=O)(=O)Cc3ccccc3)CC2)cc1C. The van der Waals surface area contributed by atoms with Crippen LogP contribution in [0.15, 0.2) is 48.5 Å². The van der Waals surface area contributed by atoms with E-state index in [0.29, 0.717) is 32.7 Å². The molecule has 2 aromatic rings. The fourth-order valence-electron chi connectivity index (χ4n) is 3.38. The van der Waals surface area contributed by atoms with Gasteiger partial charge < -0.3 is 10.2 Å². The van der Waals surface area contributed by atoms with Crippen LogP contribution in [0.4, 0.5) is 5.69 Å². The lowest BCUT2D eigenvalue weighted by Crippen LogP contribution is -3.15. The van der Waals surface area contributed by atoms with E-state index < -0.39 is 10.0 Å². The standard InChI is InChI=1S/C21H27N3O3S/c1-17-8-9-20(14-18(17)2)22-21(25)15-23-10-12-24(13-11-23)28(26,27)16-19-6-4-3-5-7-19/h3-9,14H,10-13,15-16H2,1-2H3,(H,22,25)/p+1. The molecule has 28 heavy (non-hydrogen) atoms. The summed E-state index contributed by atoms with van der Waals surface area (Å²) in [6, 6.07) is 15.1. The van der Waals surface area contributed by atoms with Gasteiger partial charge in [0, 0.05) is 5.69 Å². The molecule has 1 aliphatic heterocycles. The summed E-state index contributed by atoms with van der Waals surface area (Å²) >= 11 is 0. The maximum absolute atomic E-state index is 12.6. The number of hydrogen-bond acceptors (Lipinski definition) is 3. The van der Waals surface area contributed by atoms with Gasteiger partial charge >= 0.3 is 0 Å². The highest BCUT2D eigenvalue weighted by Crippen LogP contribution is 2.14. The van der Waals surface area contributed by atoms with E-state index in [4.69, 9.17) is 0 Å². The lowest BCUT2D eigenvalue weighted by molar-refractivity contribution is -0.895. The zero-order valence-corrected chi connectivity index (χ0v) is 17.3. The number of nitrogens with one attached hydrogen (secondary N) is 2. The fraction of sp³-hybridized carbons (Fsp3) is 0.381. The minimum Gasteiger partial charge on any atom is -0.325 e. The second kappa shape index (κ2) is 8.86. The van der Waals surface area contributed by atoms with E-state index in [1.807, 2.05) is 62.4 Å². The highest BCUT2D eigenvalue weighted by molar-refractivity contribution is 7.88. The van der Waals surface area contributed by atoms with Crippen molar-refractivity contribution in [3.05, 3.63) is 65.2 Å². The molecule has 1 aliphatic rings. The Labute approximate surface area is 167 Å². The molecule has 1 amide bonds. The average Bonchev–Trinajstić information content (AvgIpc) is 2.65. The van der Waals surface area contributed by atoms with E-state index in [9.17, 15) is 13.2 Å². The summed E-state index contributed by atoms with van der Waals surface area (Å²) < 4.78 is 26.8. The van der Waals surface area contributed by atoms with Crippen molar-refractivity contribution in [2.24, 2.45) is 0 Å². The third-order valence-electron chi connectivity index (χ3n) is 5.22. The molecular formula is C21H28N3O3S+. The maximum atomic E-state index is 12.6. The summed E-state index contributed by atoms with van der Waals surface area (Å²) in [7, 11) is -3.33. The van der Waals surface area contributed by atoms with E-state index in [1.54, 1.807) is 4.31 Å². The molecule has 0 unspecified atom stereocenters. The van der Waals surface area contributed by atoms with Crippen LogP contribution in [-0.4, -0.2) is 51.4 Å². The quantitative estimate of drug-likeness (QED) is 0.757. The number of hydrogen-bond donors (Lipinski definition) is 2. The van der Waals surface area contributed by atoms with Crippen molar-refractivity contribution >= 4 is 21.6 Å². The minimum atomic E-state index is -3.33. The number of quaternary nitrogens is 1. The van der Waals surface area contributed by atoms with Crippen LogP contribution < -0.4 is 10.2 Å². The number of sulfonamides is 1. The van der Waals surface area contributed by atoms with Crippen molar-refractivity contribution < 1.29 is 18.1 Å². The van der Waals surface area contributed by atoms with Gasteiger partial charge in [0.1, 0.15) is 0 Å². The van der Waals surface area contributed by atoms with Gasteiger partial charge in [0.25, 0.3) is 5.91 Å². The van der Waals surface area contributed by atoms with E-state index in [-0.39, 0.29) is 11.7 Å². The first-order chi connectivity index (χ1) is 13.3. The maximum Gasteiger partial charge on any atom is 0.279 e. The number of piperazine rings is 1. The lowest BCUT2D eigenvalue weighted by Gasteiger charge is -2.31. The Morgan fingerprint density at radius 3 is 2.36 bits per heavy atom. The molecule has 150 valence electrons. The molecule has 0 radical (unpaired) electrons.